The van der Waals surface area contributed by atoms with E-state index in [1.807, 2.05) is 0 Å². The monoisotopic (exact) mass is 245 g/mol. The number of Topliss-reactive ketones (excluding diaryl/α,β-unsaturated/α-hetero) is 1. The highest BCUT2D eigenvalue weighted by molar-refractivity contribution is 5.82. The van der Waals surface area contributed by atoms with Crippen molar-refractivity contribution in [1.82, 2.24) is 0 Å². The number of carbonyl (C=O) groups excluding carboxylic acids is 1. The molecule has 2 N–H and O–H groups in total. The van der Waals surface area contributed by atoms with Crippen LogP contribution in [0, 0.1) is 26.7 Å². The molecule has 1 atom stereocenters. The van der Waals surface area contributed by atoms with Crippen LogP contribution in [0.2, 0.25) is 0 Å². The summed E-state index contributed by atoms with van der Waals surface area (Å²) in [7, 11) is 0. The van der Waals surface area contributed by atoms with Crippen molar-refractivity contribution in [3.63, 3.8) is 0 Å². The summed E-state index contributed by atoms with van der Waals surface area (Å²) in [6, 6.07) is 4.39. The van der Waals surface area contributed by atoms with E-state index in [-0.39, 0.29) is 11.8 Å². The predicted octanol–water partition coefficient (Wildman–Crippen LogP) is 2.85. The lowest BCUT2D eigenvalue weighted by Gasteiger charge is -2.13. The van der Waals surface area contributed by atoms with E-state index in [4.69, 9.17) is 5.73 Å². The third-order valence-electron chi connectivity index (χ3n) is 3.91. The molecule has 0 bridgehead atoms. The second kappa shape index (κ2) is 5.23. The lowest BCUT2D eigenvalue weighted by molar-refractivity contribution is -0.118. The molecule has 0 heterocycles. The Morgan fingerprint density at radius 1 is 1.28 bits per heavy atom. The normalized spacial score (nSPS) is 16.7. The zero-order valence-corrected chi connectivity index (χ0v) is 11.6. The molecule has 0 amide bonds. The minimum Gasteiger partial charge on any atom is -0.327 e. The molecular formula is C16H23NO. The number of ketones is 1. The molecule has 18 heavy (non-hydrogen) atoms. The van der Waals surface area contributed by atoms with Gasteiger partial charge >= 0.3 is 0 Å². The smallest absolute Gasteiger partial charge is 0.138 e. The zero-order chi connectivity index (χ0) is 13.3. The minimum absolute atomic E-state index is 0.0866. The van der Waals surface area contributed by atoms with Gasteiger partial charge in [-0.25, -0.2) is 0 Å². The van der Waals surface area contributed by atoms with Crippen molar-refractivity contribution >= 4 is 5.78 Å². The van der Waals surface area contributed by atoms with Crippen LogP contribution < -0.4 is 5.73 Å². The average Bonchev–Trinajstić information content (AvgIpc) is 3.06. The van der Waals surface area contributed by atoms with E-state index in [9.17, 15) is 4.79 Å². The summed E-state index contributed by atoms with van der Waals surface area (Å²) in [5.74, 6) is 0.888. The third-order valence-corrected chi connectivity index (χ3v) is 3.91. The first-order valence-electron chi connectivity index (χ1n) is 6.81. The molecular weight excluding hydrogens is 222 g/mol. The average molecular weight is 245 g/mol. The van der Waals surface area contributed by atoms with Crippen molar-refractivity contribution in [3.8, 4) is 0 Å². The van der Waals surface area contributed by atoms with E-state index >= 15 is 0 Å². The van der Waals surface area contributed by atoms with E-state index in [1.165, 1.54) is 35.1 Å². The van der Waals surface area contributed by atoms with Gasteiger partial charge in [0.15, 0.2) is 0 Å². The number of benzene rings is 1. The predicted molar refractivity (Wildman–Crippen MR) is 74.7 cm³/mol. The number of hydrogen-bond donors (Lipinski definition) is 1. The van der Waals surface area contributed by atoms with Crippen molar-refractivity contribution < 1.29 is 4.79 Å². The topological polar surface area (TPSA) is 43.1 Å². The molecule has 1 aromatic rings. The van der Waals surface area contributed by atoms with Gasteiger partial charge in [-0.3, -0.25) is 4.79 Å². The highest BCUT2D eigenvalue weighted by atomic mass is 16.1. The summed E-state index contributed by atoms with van der Waals surface area (Å²) >= 11 is 0. The van der Waals surface area contributed by atoms with Crippen molar-refractivity contribution in [2.75, 3.05) is 0 Å². The van der Waals surface area contributed by atoms with E-state index in [1.54, 1.807) is 0 Å². The Labute approximate surface area is 110 Å². The Morgan fingerprint density at radius 2 is 1.83 bits per heavy atom. The minimum atomic E-state index is 0.0866. The van der Waals surface area contributed by atoms with Crippen LogP contribution in [0.4, 0.5) is 0 Å². The summed E-state index contributed by atoms with van der Waals surface area (Å²) in [6.45, 7) is 6.27. The molecule has 0 saturated heterocycles. The Kier molecular flexibility index (Phi) is 3.86. The molecule has 0 aliphatic heterocycles. The lowest BCUT2D eigenvalue weighted by Crippen LogP contribution is -2.26. The van der Waals surface area contributed by atoms with Gasteiger partial charge < -0.3 is 5.73 Å². The second-order valence-electron chi connectivity index (χ2n) is 5.80. The van der Waals surface area contributed by atoms with Gasteiger partial charge in [0, 0.05) is 18.9 Å². The van der Waals surface area contributed by atoms with Crippen molar-refractivity contribution in [2.45, 2.75) is 52.5 Å². The lowest BCUT2D eigenvalue weighted by atomic mass is 9.93. The molecule has 1 fully saturated rings. The molecule has 1 saturated carbocycles. The molecule has 1 unspecified atom stereocenters. The molecule has 0 aromatic heterocycles. The van der Waals surface area contributed by atoms with Crippen molar-refractivity contribution in [1.29, 1.82) is 0 Å². The van der Waals surface area contributed by atoms with E-state index in [0.29, 0.717) is 18.8 Å². The van der Waals surface area contributed by atoms with Crippen molar-refractivity contribution in [3.05, 3.63) is 34.4 Å². The number of rotatable bonds is 5. The summed E-state index contributed by atoms with van der Waals surface area (Å²) in [5.41, 5.74) is 10.9. The summed E-state index contributed by atoms with van der Waals surface area (Å²) in [6.07, 6.45) is 3.49. The largest absolute Gasteiger partial charge is 0.327 e. The van der Waals surface area contributed by atoms with Crippen LogP contribution in [-0.4, -0.2) is 11.8 Å². The maximum Gasteiger partial charge on any atom is 0.138 e. The molecule has 1 aromatic carbocycles. The maximum atomic E-state index is 12.1. The van der Waals surface area contributed by atoms with Crippen LogP contribution in [-0.2, 0) is 11.2 Å². The number of carbonyl (C=O) groups is 1. The van der Waals surface area contributed by atoms with Crippen LogP contribution in [0.3, 0.4) is 0 Å². The Hall–Kier alpha value is -1.15. The fourth-order valence-corrected chi connectivity index (χ4v) is 2.71. The first-order chi connectivity index (χ1) is 8.47. The van der Waals surface area contributed by atoms with Crippen LogP contribution in [0.5, 0.6) is 0 Å². The molecule has 0 radical (unpaired) electrons. The van der Waals surface area contributed by atoms with Gasteiger partial charge in [-0.15, -0.1) is 0 Å². The van der Waals surface area contributed by atoms with Gasteiger partial charge in [0.1, 0.15) is 5.78 Å². The fraction of sp³-hybridized carbons (Fsp3) is 0.562. The van der Waals surface area contributed by atoms with Crippen LogP contribution in [0.15, 0.2) is 12.1 Å². The summed E-state index contributed by atoms with van der Waals surface area (Å²) < 4.78 is 0. The summed E-state index contributed by atoms with van der Waals surface area (Å²) in [4.78, 5) is 12.1. The summed E-state index contributed by atoms with van der Waals surface area (Å²) in [5, 5.41) is 0. The molecule has 1 aliphatic carbocycles. The standard InChI is InChI=1S/C16H23NO/c1-10-6-11(2)15(12(3)7-10)8-14(18)9-16(17)13-4-5-13/h6-7,13,16H,4-5,8-9,17H2,1-3H3. The molecule has 2 nitrogen and oxygen atoms in total. The third kappa shape index (κ3) is 3.20. The fourth-order valence-electron chi connectivity index (χ4n) is 2.71. The van der Waals surface area contributed by atoms with Gasteiger partial charge in [0.25, 0.3) is 0 Å². The highest BCUT2D eigenvalue weighted by Crippen LogP contribution is 2.33. The van der Waals surface area contributed by atoms with Gasteiger partial charge in [-0.05, 0) is 56.2 Å². The molecule has 98 valence electrons. The van der Waals surface area contributed by atoms with E-state index < -0.39 is 0 Å². The van der Waals surface area contributed by atoms with E-state index in [0.717, 1.165) is 0 Å². The second-order valence-corrected chi connectivity index (χ2v) is 5.80. The first-order valence-corrected chi connectivity index (χ1v) is 6.81. The van der Waals surface area contributed by atoms with Crippen LogP contribution in [0.1, 0.15) is 41.5 Å². The number of aryl methyl sites for hydroxylation is 3. The molecule has 1 aliphatic rings. The SMILES string of the molecule is Cc1cc(C)c(CC(=O)CC(N)C2CC2)c(C)c1. The molecule has 2 rings (SSSR count). The Morgan fingerprint density at radius 3 is 2.33 bits per heavy atom. The number of nitrogens with two attached hydrogens (primary N) is 1. The maximum absolute atomic E-state index is 12.1. The van der Waals surface area contributed by atoms with Gasteiger partial charge in [-0.1, -0.05) is 17.7 Å². The van der Waals surface area contributed by atoms with Gasteiger partial charge in [-0.2, -0.15) is 0 Å². The highest BCUT2D eigenvalue weighted by Gasteiger charge is 2.29. The van der Waals surface area contributed by atoms with Crippen LogP contribution in [0.25, 0.3) is 0 Å². The number of hydrogen-bond acceptors (Lipinski definition) is 2. The molecule has 0 spiro atoms. The van der Waals surface area contributed by atoms with Gasteiger partial charge in [0.05, 0.1) is 0 Å². The van der Waals surface area contributed by atoms with Gasteiger partial charge in [0.2, 0.25) is 0 Å². The van der Waals surface area contributed by atoms with E-state index in [2.05, 4.69) is 32.9 Å². The van der Waals surface area contributed by atoms with Crippen LogP contribution >= 0.6 is 0 Å². The Balaban J connectivity index is 2.02. The zero-order valence-electron chi connectivity index (χ0n) is 11.6. The quantitative estimate of drug-likeness (QED) is 0.866. The van der Waals surface area contributed by atoms with Crippen molar-refractivity contribution in [2.24, 2.45) is 11.7 Å². The Bertz CT molecular complexity index is 437. The molecule has 2 heteroatoms. The first kappa shape index (κ1) is 13.3.